The van der Waals surface area contributed by atoms with Crippen molar-refractivity contribution in [1.82, 2.24) is 16.0 Å². The van der Waals surface area contributed by atoms with Crippen LogP contribution in [0.15, 0.2) is 84.9 Å². The topological polar surface area (TPSA) is 82.3 Å². The van der Waals surface area contributed by atoms with E-state index in [0.717, 1.165) is 36.8 Å². The monoisotopic (exact) mass is 490 g/mol. The molecule has 0 aromatic heterocycles. The average molecular weight is 491 g/mol. The van der Waals surface area contributed by atoms with Crippen LogP contribution in [0.25, 0.3) is 0 Å². The van der Waals surface area contributed by atoms with Crippen molar-refractivity contribution in [3.63, 3.8) is 0 Å². The van der Waals surface area contributed by atoms with Gasteiger partial charge in [-0.3, -0.25) is 0 Å². The van der Waals surface area contributed by atoms with E-state index in [2.05, 4.69) is 21.3 Å². The number of hydrogen-bond donors (Lipinski definition) is 4. The van der Waals surface area contributed by atoms with Crippen molar-refractivity contribution in [2.75, 3.05) is 5.32 Å². The van der Waals surface area contributed by atoms with E-state index >= 15 is 0 Å². The van der Waals surface area contributed by atoms with Gasteiger partial charge < -0.3 is 21.3 Å². The van der Waals surface area contributed by atoms with Crippen molar-refractivity contribution in [1.29, 1.82) is 0 Å². The molecule has 35 heavy (non-hydrogen) atoms. The standard InChI is InChI=1S/C28H31ClN4O2/c29-22-16-18-24(19-17-22)31-28(35)33-26(21-12-6-2-7-13-21)25(20-10-4-1-5-11-20)32-27(34)30-23-14-8-3-9-15-23/h1-2,4-7,10-13,16-19,23,25-26H,3,8-9,14-15H2,(H2,30,32,34)(H2,31,33,35). The number of urea groups is 2. The van der Waals surface area contributed by atoms with E-state index < -0.39 is 12.1 Å². The molecule has 6 nitrogen and oxygen atoms in total. The van der Waals surface area contributed by atoms with Gasteiger partial charge in [0.1, 0.15) is 0 Å². The molecule has 2 atom stereocenters. The van der Waals surface area contributed by atoms with Crippen LogP contribution in [0, 0.1) is 0 Å². The average Bonchev–Trinajstić information content (AvgIpc) is 2.89. The number of carbonyl (C=O) groups is 2. The summed E-state index contributed by atoms with van der Waals surface area (Å²) in [7, 11) is 0. The van der Waals surface area contributed by atoms with Crippen molar-refractivity contribution in [2.45, 2.75) is 50.2 Å². The summed E-state index contributed by atoms with van der Waals surface area (Å²) in [4.78, 5) is 26.1. The van der Waals surface area contributed by atoms with E-state index in [1.54, 1.807) is 24.3 Å². The van der Waals surface area contributed by atoms with E-state index in [1.807, 2.05) is 60.7 Å². The summed E-state index contributed by atoms with van der Waals surface area (Å²) in [6, 6.07) is 24.9. The first-order valence-electron chi connectivity index (χ1n) is 12.1. The van der Waals surface area contributed by atoms with E-state index in [9.17, 15) is 9.59 Å². The molecule has 1 aliphatic carbocycles. The minimum Gasteiger partial charge on any atom is -0.335 e. The fourth-order valence-electron chi connectivity index (χ4n) is 4.50. The largest absolute Gasteiger partial charge is 0.335 e. The molecule has 0 spiro atoms. The zero-order valence-corrected chi connectivity index (χ0v) is 20.3. The van der Waals surface area contributed by atoms with Gasteiger partial charge >= 0.3 is 12.1 Å². The van der Waals surface area contributed by atoms with Crippen LogP contribution in [-0.4, -0.2) is 18.1 Å². The second kappa shape index (κ2) is 12.3. The highest BCUT2D eigenvalue weighted by atomic mass is 35.5. The van der Waals surface area contributed by atoms with Gasteiger partial charge in [0.2, 0.25) is 0 Å². The van der Waals surface area contributed by atoms with Crippen LogP contribution in [0.5, 0.6) is 0 Å². The maximum absolute atomic E-state index is 13.1. The molecule has 4 amide bonds. The lowest BCUT2D eigenvalue weighted by atomic mass is 9.93. The molecule has 0 bridgehead atoms. The Morgan fingerprint density at radius 2 is 1.20 bits per heavy atom. The number of hydrogen-bond acceptors (Lipinski definition) is 2. The van der Waals surface area contributed by atoms with Crippen molar-refractivity contribution in [3.8, 4) is 0 Å². The Hall–Kier alpha value is -3.51. The molecular formula is C28H31ClN4O2. The smallest absolute Gasteiger partial charge is 0.319 e. The molecule has 0 aliphatic heterocycles. The Morgan fingerprint density at radius 3 is 1.74 bits per heavy atom. The molecule has 3 aromatic carbocycles. The minimum absolute atomic E-state index is 0.177. The lowest BCUT2D eigenvalue weighted by molar-refractivity contribution is 0.222. The van der Waals surface area contributed by atoms with Gasteiger partial charge in [0.15, 0.2) is 0 Å². The fraction of sp³-hybridized carbons (Fsp3) is 0.286. The molecule has 3 aromatic rings. The van der Waals surface area contributed by atoms with Crippen molar-refractivity contribution in [3.05, 3.63) is 101 Å². The number of anilines is 1. The van der Waals surface area contributed by atoms with Gasteiger partial charge in [0, 0.05) is 16.8 Å². The predicted octanol–water partition coefficient (Wildman–Crippen LogP) is 6.58. The Bertz CT molecular complexity index is 1090. The Balaban J connectivity index is 1.57. The minimum atomic E-state index is -0.511. The number of benzene rings is 3. The number of rotatable bonds is 7. The molecule has 1 fully saturated rings. The second-order valence-corrected chi connectivity index (χ2v) is 9.27. The zero-order chi connectivity index (χ0) is 24.5. The van der Waals surface area contributed by atoms with E-state index in [4.69, 9.17) is 11.6 Å². The van der Waals surface area contributed by atoms with Crippen LogP contribution in [0.2, 0.25) is 5.02 Å². The molecule has 7 heteroatoms. The van der Waals surface area contributed by atoms with Crippen LogP contribution in [0.4, 0.5) is 15.3 Å². The van der Waals surface area contributed by atoms with Crippen LogP contribution in [0.1, 0.15) is 55.3 Å². The highest BCUT2D eigenvalue weighted by molar-refractivity contribution is 6.30. The van der Waals surface area contributed by atoms with Crippen LogP contribution >= 0.6 is 11.6 Å². The number of nitrogens with one attached hydrogen (secondary N) is 4. The Morgan fingerprint density at radius 1 is 0.686 bits per heavy atom. The lowest BCUT2D eigenvalue weighted by Crippen LogP contribution is -2.48. The molecule has 1 saturated carbocycles. The summed E-state index contributed by atoms with van der Waals surface area (Å²) in [5, 5.41) is 12.8. The summed E-state index contributed by atoms with van der Waals surface area (Å²) < 4.78 is 0. The maximum atomic E-state index is 13.1. The van der Waals surface area contributed by atoms with E-state index in [0.29, 0.717) is 10.7 Å². The van der Waals surface area contributed by atoms with Gasteiger partial charge in [-0.05, 0) is 48.2 Å². The quantitative estimate of drug-likeness (QED) is 0.302. The lowest BCUT2D eigenvalue weighted by Gasteiger charge is -2.31. The highest BCUT2D eigenvalue weighted by Gasteiger charge is 2.29. The first-order chi connectivity index (χ1) is 17.1. The molecular weight excluding hydrogens is 460 g/mol. The van der Waals surface area contributed by atoms with Gasteiger partial charge in [0.05, 0.1) is 12.1 Å². The molecule has 2 unspecified atom stereocenters. The third-order valence-corrected chi connectivity index (χ3v) is 6.52. The van der Waals surface area contributed by atoms with Gasteiger partial charge in [-0.2, -0.15) is 0 Å². The van der Waals surface area contributed by atoms with Crippen molar-refractivity contribution < 1.29 is 9.59 Å². The third kappa shape index (κ3) is 7.23. The predicted molar refractivity (Wildman–Crippen MR) is 141 cm³/mol. The molecule has 4 N–H and O–H groups in total. The van der Waals surface area contributed by atoms with E-state index in [1.165, 1.54) is 6.42 Å². The van der Waals surface area contributed by atoms with Crippen LogP contribution in [-0.2, 0) is 0 Å². The summed E-state index contributed by atoms with van der Waals surface area (Å²) in [6.07, 6.45) is 5.47. The van der Waals surface area contributed by atoms with Crippen molar-refractivity contribution in [2.24, 2.45) is 0 Å². The maximum Gasteiger partial charge on any atom is 0.319 e. The first-order valence-corrected chi connectivity index (χ1v) is 12.5. The van der Waals surface area contributed by atoms with Gasteiger partial charge in [-0.15, -0.1) is 0 Å². The summed E-state index contributed by atoms with van der Waals surface area (Å²) in [5.41, 5.74) is 2.40. The van der Waals surface area contributed by atoms with Crippen LogP contribution in [0.3, 0.4) is 0 Å². The normalized spacial score (nSPS) is 15.5. The van der Waals surface area contributed by atoms with E-state index in [-0.39, 0.29) is 18.1 Å². The zero-order valence-electron chi connectivity index (χ0n) is 19.5. The second-order valence-electron chi connectivity index (χ2n) is 8.83. The van der Waals surface area contributed by atoms with Crippen molar-refractivity contribution >= 4 is 29.4 Å². The van der Waals surface area contributed by atoms with Gasteiger partial charge in [-0.25, -0.2) is 9.59 Å². The molecule has 0 heterocycles. The van der Waals surface area contributed by atoms with Crippen LogP contribution < -0.4 is 21.3 Å². The number of halogens is 1. The molecule has 0 radical (unpaired) electrons. The number of amides is 4. The SMILES string of the molecule is O=C(Nc1ccc(Cl)cc1)NC(c1ccccc1)C(NC(=O)NC1CCCCC1)c1ccccc1. The molecule has 182 valence electrons. The first kappa shape index (κ1) is 24.6. The van der Waals surface area contributed by atoms with Gasteiger partial charge in [-0.1, -0.05) is 91.5 Å². The Labute approximate surface area is 211 Å². The van der Waals surface area contributed by atoms with Gasteiger partial charge in [0.25, 0.3) is 0 Å². The summed E-state index contributed by atoms with van der Waals surface area (Å²) in [6.45, 7) is 0. The molecule has 4 rings (SSSR count). The summed E-state index contributed by atoms with van der Waals surface area (Å²) >= 11 is 5.97. The molecule has 0 saturated heterocycles. The third-order valence-electron chi connectivity index (χ3n) is 6.27. The highest BCUT2D eigenvalue weighted by Crippen LogP contribution is 2.29. The summed E-state index contributed by atoms with van der Waals surface area (Å²) in [5.74, 6) is 0. The fourth-order valence-corrected chi connectivity index (χ4v) is 4.62. The number of carbonyl (C=O) groups excluding carboxylic acids is 2. The Kier molecular flexibility index (Phi) is 8.63. The molecule has 1 aliphatic rings.